The monoisotopic (exact) mass is 365 g/mol. The molecule has 4 rings (SSSR count). The Labute approximate surface area is 158 Å². The van der Waals surface area contributed by atoms with E-state index in [4.69, 9.17) is 0 Å². The molecule has 2 fully saturated rings. The number of carbonyl (C=O) groups excluding carboxylic acids is 3. The second-order valence-electron chi connectivity index (χ2n) is 7.66. The maximum atomic E-state index is 13.0. The molecule has 3 aliphatic heterocycles. The summed E-state index contributed by atoms with van der Waals surface area (Å²) < 4.78 is 0. The number of rotatable bonds is 3. The summed E-state index contributed by atoms with van der Waals surface area (Å²) in [5.41, 5.74) is 1.84. The number of nitrogens with one attached hydrogen (secondary N) is 2. The van der Waals surface area contributed by atoms with E-state index in [-0.39, 0.29) is 29.5 Å². The van der Waals surface area contributed by atoms with Crippen LogP contribution in [0.15, 0.2) is 47.7 Å². The molecule has 27 heavy (non-hydrogen) atoms. The molecule has 0 aliphatic carbocycles. The molecule has 0 unspecified atom stereocenters. The molecular formula is C21H23N3O3. The summed E-state index contributed by atoms with van der Waals surface area (Å²) in [6.45, 7) is 4.53. The molecule has 0 saturated carbocycles. The van der Waals surface area contributed by atoms with Crippen molar-refractivity contribution in [2.45, 2.75) is 44.6 Å². The van der Waals surface area contributed by atoms with Gasteiger partial charge in [0.05, 0.1) is 0 Å². The Morgan fingerprint density at radius 2 is 2.00 bits per heavy atom. The largest absolute Gasteiger partial charge is 0.325 e. The predicted octanol–water partition coefficient (Wildman–Crippen LogP) is 2.24. The summed E-state index contributed by atoms with van der Waals surface area (Å²) in [4.78, 5) is 40.0. The van der Waals surface area contributed by atoms with Gasteiger partial charge in [-0.05, 0) is 50.8 Å². The zero-order chi connectivity index (χ0) is 19.2. The van der Waals surface area contributed by atoms with Gasteiger partial charge < -0.3 is 15.5 Å². The smallest absolute Gasteiger partial charge is 0.270 e. The lowest BCUT2D eigenvalue weighted by atomic mass is 9.77. The maximum Gasteiger partial charge on any atom is 0.270 e. The number of amides is 3. The predicted molar refractivity (Wildman–Crippen MR) is 102 cm³/mol. The molecule has 0 spiro atoms. The van der Waals surface area contributed by atoms with Gasteiger partial charge >= 0.3 is 0 Å². The van der Waals surface area contributed by atoms with E-state index in [9.17, 15) is 14.4 Å². The minimum absolute atomic E-state index is 0.164. The third kappa shape index (κ3) is 2.76. The number of anilines is 1. The number of para-hydroxylation sites is 1. The van der Waals surface area contributed by atoms with E-state index in [1.165, 1.54) is 0 Å². The van der Waals surface area contributed by atoms with Crippen molar-refractivity contribution in [2.24, 2.45) is 0 Å². The van der Waals surface area contributed by atoms with Crippen LogP contribution in [-0.4, -0.2) is 35.2 Å². The van der Waals surface area contributed by atoms with Crippen LogP contribution in [0.3, 0.4) is 0 Å². The second kappa shape index (κ2) is 6.37. The molecule has 0 bridgehead atoms. The normalized spacial score (nSPS) is 27.9. The van der Waals surface area contributed by atoms with Crippen LogP contribution in [0, 0.1) is 0 Å². The SMILES string of the molecule is CC(C)=CC[C@@]1(/C=C2/NC(=O)[C@@H]3CCCN3C2=O)C(=O)Nc2ccccc21. The molecule has 3 aliphatic rings. The first kappa shape index (κ1) is 17.5. The van der Waals surface area contributed by atoms with E-state index in [1.54, 1.807) is 11.0 Å². The topological polar surface area (TPSA) is 78.5 Å². The molecule has 1 aromatic carbocycles. The van der Waals surface area contributed by atoms with Gasteiger partial charge in [0.25, 0.3) is 5.91 Å². The van der Waals surface area contributed by atoms with Crippen molar-refractivity contribution in [3.63, 3.8) is 0 Å². The number of benzene rings is 1. The lowest BCUT2D eigenvalue weighted by Gasteiger charge is -2.32. The van der Waals surface area contributed by atoms with Crippen molar-refractivity contribution in [3.05, 3.63) is 53.3 Å². The molecule has 2 N–H and O–H groups in total. The van der Waals surface area contributed by atoms with Gasteiger partial charge in [-0.2, -0.15) is 0 Å². The highest BCUT2D eigenvalue weighted by atomic mass is 16.2. The Balaban J connectivity index is 1.82. The first-order chi connectivity index (χ1) is 12.9. The first-order valence-electron chi connectivity index (χ1n) is 9.31. The number of carbonyl (C=O) groups is 3. The van der Waals surface area contributed by atoms with Crippen molar-refractivity contribution >= 4 is 23.4 Å². The highest BCUT2D eigenvalue weighted by molar-refractivity contribution is 6.10. The quantitative estimate of drug-likeness (QED) is 0.637. The Hall–Kier alpha value is -2.89. The summed E-state index contributed by atoms with van der Waals surface area (Å²) in [5, 5.41) is 5.68. The van der Waals surface area contributed by atoms with E-state index in [2.05, 4.69) is 10.6 Å². The van der Waals surface area contributed by atoms with Crippen molar-refractivity contribution in [1.29, 1.82) is 0 Å². The van der Waals surface area contributed by atoms with Gasteiger partial charge in [0.2, 0.25) is 11.8 Å². The van der Waals surface area contributed by atoms with E-state index >= 15 is 0 Å². The Bertz CT molecular complexity index is 898. The fraction of sp³-hybridized carbons (Fsp3) is 0.381. The standard InChI is InChI=1S/C21H23N3O3/c1-13(2)9-10-21(14-6-3-4-7-15(14)23-20(21)27)12-16-19(26)24-11-5-8-17(24)18(25)22-16/h3-4,6-7,9,12,17H,5,8,10-11H2,1-2H3,(H,22,25)(H,23,27)/b16-12+/t17-,21-/m0/s1. The summed E-state index contributed by atoms with van der Waals surface area (Å²) in [7, 11) is 0. The van der Waals surface area contributed by atoms with Crippen LogP contribution in [-0.2, 0) is 19.8 Å². The number of hydrogen-bond donors (Lipinski definition) is 2. The van der Waals surface area contributed by atoms with Crippen LogP contribution in [0.25, 0.3) is 0 Å². The molecule has 0 aromatic heterocycles. The Kier molecular flexibility index (Phi) is 4.13. The number of allylic oxidation sites excluding steroid dienone is 2. The van der Waals surface area contributed by atoms with Crippen molar-refractivity contribution in [2.75, 3.05) is 11.9 Å². The summed E-state index contributed by atoms with van der Waals surface area (Å²) in [6.07, 6.45) is 5.59. The van der Waals surface area contributed by atoms with Gasteiger partial charge in [-0.25, -0.2) is 0 Å². The van der Waals surface area contributed by atoms with Crippen LogP contribution < -0.4 is 10.6 Å². The van der Waals surface area contributed by atoms with E-state index in [0.717, 1.165) is 23.2 Å². The van der Waals surface area contributed by atoms with Crippen molar-refractivity contribution in [1.82, 2.24) is 10.2 Å². The average Bonchev–Trinajstić information content (AvgIpc) is 3.22. The van der Waals surface area contributed by atoms with Gasteiger partial charge in [-0.15, -0.1) is 0 Å². The average molecular weight is 365 g/mol. The number of hydrogen-bond acceptors (Lipinski definition) is 3. The summed E-state index contributed by atoms with van der Waals surface area (Å²) in [6, 6.07) is 7.12. The Morgan fingerprint density at radius 3 is 2.78 bits per heavy atom. The second-order valence-corrected chi connectivity index (χ2v) is 7.66. The molecule has 3 heterocycles. The van der Waals surface area contributed by atoms with Gasteiger partial charge in [0.15, 0.2) is 0 Å². The van der Waals surface area contributed by atoms with Crippen molar-refractivity contribution in [3.8, 4) is 0 Å². The minimum Gasteiger partial charge on any atom is -0.325 e. The van der Waals surface area contributed by atoms with E-state index < -0.39 is 5.41 Å². The Morgan fingerprint density at radius 1 is 1.22 bits per heavy atom. The van der Waals surface area contributed by atoms with Crippen LogP contribution >= 0.6 is 0 Å². The number of nitrogens with zero attached hydrogens (tertiary/aromatic N) is 1. The van der Waals surface area contributed by atoms with Crippen molar-refractivity contribution < 1.29 is 14.4 Å². The highest BCUT2D eigenvalue weighted by Gasteiger charge is 2.47. The van der Waals surface area contributed by atoms with Crippen LogP contribution in [0.1, 0.15) is 38.7 Å². The van der Waals surface area contributed by atoms with E-state index in [0.29, 0.717) is 19.4 Å². The molecule has 1 aromatic rings. The summed E-state index contributed by atoms with van der Waals surface area (Å²) in [5.74, 6) is -0.549. The zero-order valence-corrected chi connectivity index (χ0v) is 15.5. The lowest BCUT2D eigenvalue weighted by molar-refractivity contribution is -0.140. The molecule has 6 heteroatoms. The molecule has 140 valence electrons. The van der Waals surface area contributed by atoms with Gasteiger partial charge in [-0.1, -0.05) is 29.8 Å². The minimum atomic E-state index is -1.02. The first-order valence-corrected chi connectivity index (χ1v) is 9.31. The zero-order valence-electron chi connectivity index (χ0n) is 15.5. The molecule has 2 saturated heterocycles. The molecule has 0 radical (unpaired) electrons. The van der Waals surface area contributed by atoms with Crippen LogP contribution in [0.2, 0.25) is 0 Å². The molecule has 6 nitrogen and oxygen atoms in total. The lowest BCUT2D eigenvalue weighted by Crippen LogP contribution is -2.54. The van der Waals surface area contributed by atoms with Gasteiger partial charge in [0.1, 0.15) is 17.2 Å². The third-order valence-corrected chi connectivity index (χ3v) is 5.59. The van der Waals surface area contributed by atoms with Gasteiger partial charge in [-0.3, -0.25) is 14.4 Å². The molecule has 2 atom stereocenters. The van der Waals surface area contributed by atoms with Crippen LogP contribution in [0.5, 0.6) is 0 Å². The fourth-order valence-electron chi connectivity index (χ4n) is 4.16. The van der Waals surface area contributed by atoms with Gasteiger partial charge in [0, 0.05) is 12.2 Å². The highest BCUT2D eigenvalue weighted by Crippen LogP contribution is 2.43. The number of fused-ring (bicyclic) bond motifs is 2. The third-order valence-electron chi connectivity index (χ3n) is 5.59. The van der Waals surface area contributed by atoms with Crippen LogP contribution in [0.4, 0.5) is 5.69 Å². The fourth-order valence-corrected chi connectivity index (χ4v) is 4.16. The summed E-state index contributed by atoms with van der Waals surface area (Å²) >= 11 is 0. The maximum absolute atomic E-state index is 13.0. The molecular weight excluding hydrogens is 342 g/mol. The number of piperazine rings is 1. The molecule has 3 amide bonds. The van der Waals surface area contributed by atoms with E-state index in [1.807, 2.05) is 44.2 Å².